The quantitative estimate of drug-likeness (QED) is 0.526. The van der Waals surface area contributed by atoms with Gasteiger partial charge in [0.15, 0.2) is 0 Å². The zero-order chi connectivity index (χ0) is 21.5. The maximum Gasteiger partial charge on any atom is 0.321 e. The minimum Gasteiger partial charge on any atom is -0.321 e. The van der Waals surface area contributed by atoms with Crippen LogP contribution in [0.1, 0.15) is 70.3 Å². The average Bonchev–Trinajstić information content (AvgIpc) is 2.92. The van der Waals surface area contributed by atoms with E-state index in [-0.39, 0.29) is 5.54 Å². The molecule has 1 saturated carbocycles. The number of rotatable bonds is 7. The Balaban J connectivity index is 1.44. The van der Waals surface area contributed by atoms with Crippen LogP contribution in [0.2, 0.25) is 0 Å². The lowest BCUT2D eigenvalue weighted by molar-refractivity contribution is 0.0591. The average molecular weight is 424 g/mol. The van der Waals surface area contributed by atoms with Crippen molar-refractivity contribution < 1.29 is 4.79 Å². The summed E-state index contributed by atoms with van der Waals surface area (Å²) in [5, 5.41) is 0. The molecular formula is C27H41N3O. The molecule has 1 saturated heterocycles. The second-order valence-electron chi connectivity index (χ2n) is 9.96. The molecule has 2 heterocycles. The first-order valence-electron chi connectivity index (χ1n) is 12.7. The highest BCUT2D eigenvalue weighted by molar-refractivity contribution is 5.76. The molecule has 2 aliphatic heterocycles. The van der Waals surface area contributed by atoms with Gasteiger partial charge in [0, 0.05) is 39.3 Å². The van der Waals surface area contributed by atoms with Gasteiger partial charge in [0.05, 0.1) is 5.54 Å². The fourth-order valence-corrected chi connectivity index (χ4v) is 5.77. The van der Waals surface area contributed by atoms with E-state index in [1.165, 1.54) is 37.7 Å². The molecule has 1 aromatic rings. The molecule has 3 aliphatic rings. The summed E-state index contributed by atoms with van der Waals surface area (Å²) in [7, 11) is 0. The Bertz CT molecular complexity index is 717. The predicted molar refractivity (Wildman–Crippen MR) is 128 cm³/mol. The summed E-state index contributed by atoms with van der Waals surface area (Å²) >= 11 is 0. The summed E-state index contributed by atoms with van der Waals surface area (Å²) in [5.41, 5.74) is 1.29. The molecule has 1 aromatic carbocycles. The molecule has 0 aromatic heterocycles. The van der Waals surface area contributed by atoms with E-state index in [0.29, 0.717) is 11.9 Å². The smallest absolute Gasteiger partial charge is 0.321 e. The van der Waals surface area contributed by atoms with Crippen molar-refractivity contribution in [1.82, 2.24) is 14.7 Å². The number of hydrogen-bond acceptors (Lipinski definition) is 2. The molecule has 2 fully saturated rings. The van der Waals surface area contributed by atoms with E-state index >= 15 is 0 Å². The number of hydrogen-bond donors (Lipinski definition) is 0. The Morgan fingerprint density at radius 3 is 2.48 bits per heavy atom. The molecule has 0 N–H and O–H groups in total. The predicted octanol–water partition coefficient (Wildman–Crippen LogP) is 5.70. The summed E-state index contributed by atoms with van der Waals surface area (Å²) in [4.78, 5) is 20.8. The fourth-order valence-electron chi connectivity index (χ4n) is 5.77. The normalized spacial score (nSPS) is 22.8. The van der Waals surface area contributed by atoms with Gasteiger partial charge in [0.1, 0.15) is 0 Å². The van der Waals surface area contributed by atoms with Gasteiger partial charge in [0.25, 0.3) is 0 Å². The van der Waals surface area contributed by atoms with Gasteiger partial charge in [-0.15, -0.1) is 0 Å². The fraction of sp³-hybridized carbons (Fsp3) is 0.667. The Morgan fingerprint density at radius 1 is 1.03 bits per heavy atom. The van der Waals surface area contributed by atoms with Crippen LogP contribution in [-0.2, 0) is 6.54 Å². The zero-order valence-electron chi connectivity index (χ0n) is 19.5. The molecule has 0 bridgehead atoms. The molecule has 4 heteroatoms. The molecule has 0 radical (unpaired) electrons. The number of benzene rings is 1. The standard InChI is InChI=1S/C27H41N3O/c1-2-3-19-30-26(31)29(23-25-13-8-5-9-14-25)18-10-15-27(30)16-20-28(21-17-27)22-24-11-6-4-7-12-24/h4,6-7,10-12,15,25H,2-3,5,8-9,13-14,16-23H2,1H3. The third kappa shape index (κ3) is 5.52. The summed E-state index contributed by atoms with van der Waals surface area (Å²) in [6.45, 7) is 7.97. The number of likely N-dealkylation sites (tertiary alicyclic amines) is 1. The topological polar surface area (TPSA) is 26.8 Å². The Hall–Kier alpha value is -1.81. The molecule has 1 aliphatic carbocycles. The molecular weight excluding hydrogens is 382 g/mol. The summed E-state index contributed by atoms with van der Waals surface area (Å²) in [6, 6.07) is 11.1. The van der Waals surface area contributed by atoms with Crippen molar-refractivity contribution in [2.75, 3.05) is 32.7 Å². The number of piperidine rings is 1. The van der Waals surface area contributed by atoms with Crippen molar-refractivity contribution in [3.05, 3.63) is 48.0 Å². The summed E-state index contributed by atoms with van der Waals surface area (Å²) < 4.78 is 0. The number of carbonyl (C=O) groups excluding carboxylic acids is 1. The summed E-state index contributed by atoms with van der Waals surface area (Å²) in [6.07, 6.45) is 15.7. The largest absolute Gasteiger partial charge is 0.321 e. The van der Waals surface area contributed by atoms with Crippen LogP contribution in [0.5, 0.6) is 0 Å². The third-order valence-corrected chi connectivity index (χ3v) is 7.70. The van der Waals surface area contributed by atoms with Crippen molar-refractivity contribution in [3.8, 4) is 0 Å². The van der Waals surface area contributed by atoms with Crippen LogP contribution in [0.3, 0.4) is 0 Å². The molecule has 2 amide bonds. The van der Waals surface area contributed by atoms with Gasteiger partial charge in [-0.1, -0.05) is 75.1 Å². The van der Waals surface area contributed by atoms with E-state index in [1.807, 2.05) is 0 Å². The molecule has 0 atom stereocenters. The van der Waals surface area contributed by atoms with Gasteiger partial charge in [-0.3, -0.25) is 4.90 Å². The molecule has 31 heavy (non-hydrogen) atoms. The van der Waals surface area contributed by atoms with Gasteiger partial charge in [0.2, 0.25) is 0 Å². The number of carbonyl (C=O) groups is 1. The number of urea groups is 1. The second-order valence-corrected chi connectivity index (χ2v) is 9.96. The first-order valence-corrected chi connectivity index (χ1v) is 12.7. The lowest BCUT2D eigenvalue weighted by Gasteiger charge is -2.47. The summed E-state index contributed by atoms with van der Waals surface area (Å²) in [5.74, 6) is 0.695. The maximum atomic E-state index is 13.8. The Labute approximate surface area is 189 Å². The van der Waals surface area contributed by atoms with Gasteiger partial charge >= 0.3 is 6.03 Å². The first-order chi connectivity index (χ1) is 15.2. The highest BCUT2D eigenvalue weighted by Gasteiger charge is 2.43. The zero-order valence-corrected chi connectivity index (χ0v) is 19.5. The van der Waals surface area contributed by atoms with Crippen molar-refractivity contribution in [2.24, 2.45) is 5.92 Å². The SMILES string of the molecule is CCCCN1C(=O)N(CC2CCCCC2)CC=CC12CCN(Cc1ccccc1)CC2. The first kappa shape index (κ1) is 22.4. The van der Waals surface area contributed by atoms with Crippen LogP contribution < -0.4 is 0 Å². The Morgan fingerprint density at radius 2 is 1.77 bits per heavy atom. The maximum absolute atomic E-state index is 13.8. The number of unbranched alkanes of at least 4 members (excludes halogenated alkanes) is 1. The van der Waals surface area contributed by atoms with E-state index in [1.54, 1.807) is 0 Å². The van der Waals surface area contributed by atoms with Crippen molar-refractivity contribution in [2.45, 2.75) is 76.8 Å². The van der Waals surface area contributed by atoms with E-state index in [9.17, 15) is 4.79 Å². The number of amides is 2. The molecule has 1 spiro atoms. The van der Waals surface area contributed by atoms with Crippen LogP contribution >= 0.6 is 0 Å². The van der Waals surface area contributed by atoms with Gasteiger partial charge in [-0.2, -0.15) is 0 Å². The minimum atomic E-state index is -0.0965. The molecule has 170 valence electrons. The van der Waals surface area contributed by atoms with Crippen LogP contribution in [0.15, 0.2) is 42.5 Å². The van der Waals surface area contributed by atoms with E-state index in [0.717, 1.165) is 65.0 Å². The molecule has 4 rings (SSSR count). The number of nitrogens with zero attached hydrogens (tertiary/aromatic N) is 3. The van der Waals surface area contributed by atoms with Gasteiger partial charge in [-0.05, 0) is 43.6 Å². The highest BCUT2D eigenvalue weighted by Crippen LogP contribution is 2.35. The van der Waals surface area contributed by atoms with Crippen LogP contribution in [0.4, 0.5) is 4.79 Å². The highest BCUT2D eigenvalue weighted by atomic mass is 16.2. The van der Waals surface area contributed by atoms with Gasteiger partial charge in [-0.25, -0.2) is 4.79 Å². The minimum absolute atomic E-state index is 0.0965. The molecule has 4 nitrogen and oxygen atoms in total. The monoisotopic (exact) mass is 423 g/mol. The molecule has 0 unspecified atom stereocenters. The lowest BCUT2D eigenvalue weighted by atomic mass is 9.85. The van der Waals surface area contributed by atoms with Crippen LogP contribution in [0, 0.1) is 5.92 Å². The second kappa shape index (κ2) is 10.7. The lowest BCUT2D eigenvalue weighted by Crippen LogP contribution is -2.58. The van der Waals surface area contributed by atoms with Gasteiger partial charge < -0.3 is 9.80 Å². The van der Waals surface area contributed by atoms with E-state index in [4.69, 9.17) is 0 Å². The van der Waals surface area contributed by atoms with E-state index in [2.05, 4.69) is 64.1 Å². The van der Waals surface area contributed by atoms with Crippen molar-refractivity contribution in [3.63, 3.8) is 0 Å². The van der Waals surface area contributed by atoms with Crippen molar-refractivity contribution >= 4 is 6.03 Å². The third-order valence-electron chi connectivity index (χ3n) is 7.70. The van der Waals surface area contributed by atoms with Crippen LogP contribution in [0.25, 0.3) is 0 Å². The van der Waals surface area contributed by atoms with Crippen molar-refractivity contribution in [1.29, 1.82) is 0 Å². The van der Waals surface area contributed by atoms with E-state index < -0.39 is 0 Å². The van der Waals surface area contributed by atoms with Crippen LogP contribution in [-0.4, -0.2) is 59.0 Å². The Kier molecular flexibility index (Phi) is 7.71.